The number of rotatable bonds is 4. The smallest absolute Gasteiger partial charge is 0.144 e. The van der Waals surface area contributed by atoms with Gasteiger partial charge < -0.3 is 15.1 Å². The Morgan fingerprint density at radius 3 is 2.77 bits per heavy atom. The molecule has 0 bridgehead atoms. The number of aliphatic hydroxyl groups is 2. The zero-order valence-corrected chi connectivity index (χ0v) is 19.1. The molecule has 7 atom stereocenters. The van der Waals surface area contributed by atoms with Gasteiger partial charge in [-0.15, -0.1) is 0 Å². The molecule has 0 spiro atoms. The van der Waals surface area contributed by atoms with Crippen molar-refractivity contribution in [3.05, 3.63) is 47.3 Å². The zero-order valence-electron chi connectivity index (χ0n) is 19.1. The third-order valence-electron chi connectivity index (χ3n) is 9.02. The normalized spacial score (nSPS) is 44.3. The maximum absolute atomic E-state index is 10.2. The summed E-state index contributed by atoms with van der Waals surface area (Å²) in [5.41, 5.74) is 3.61. The molecule has 0 saturated heterocycles. The van der Waals surface area contributed by atoms with Gasteiger partial charge in [-0.3, -0.25) is 0 Å². The maximum atomic E-state index is 10.2. The fourth-order valence-corrected chi connectivity index (χ4v) is 6.98. The van der Waals surface area contributed by atoms with Crippen LogP contribution in [0, 0.1) is 29.1 Å². The predicted octanol–water partition coefficient (Wildman–Crippen LogP) is 5.39. The van der Waals surface area contributed by atoms with E-state index in [9.17, 15) is 10.2 Å². The lowest BCUT2D eigenvalue weighted by Crippen LogP contribution is -2.39. The molecule has 1 aliphatic heterocycles. The van der Waals surface area contributed by atoms with E-state index < -0.39 is 12.2 Å². The highest BCUT2D eigenvalue weighted by molar-refractivity contribution is 5.38. The average molecular weight is 427 g/mol. The summed E-state index contributed by atoms with van der Waals surface area (Å²) in [4.78, 5) is 11.4. The largest absolute Gasteiger partial charge is 0.393 e. The molecule has 0 radical (unpaired) electrons. The SMILES string of the molecule is C=C1/C(=C\C=C2/CCC[C@@]3(C)C2CC[C@@H]3C(C)C2C=C(C3CC3)OO2)C[C@@H](O)C[C@@H]1O. The van der Waals surface area contributed by atoms with Crippen LogP contribution in [-0.4, -0.2) is 28.5 Å². The van der Waals surface area contributed by atoms with Crippen LogP contribution in [-0.2, 0) is 9.78 Å². The van der Waals surface area contributed by atoms with Gasteiger partial charge in [0.2, 0.25) is 0 Å². The van der Waals surface area contributed by atoms with Gasteiger partial charge in [-0.25, -0.2) is 0 Å². The minimum atomic E-state index is -0.621. The molecule has 0 amide bonds. The summed E-state index contributed by atoms with van der Waals surface area (Å²) >= 11 is 0. The van der Waals surface area contributed by atoms with Crippen molar-refractivity contribution in [2.24, 2.45) is 29.1 Å². The van der Waals surface area contributed by atoms with Crippen molar-refractivity contribution >= 4 is 0 Å². The van der Waals surface area contributed by atoms with Gasteiger partial charge >= 0.3 is 0 Å². The predicted molar refractivity (Wildman–Crippen MR) is 121 cm³/mol. The Hall–Kier alpha value is -1.36. The lowest BCUT2D eigenvalue weighted by molar-refractivity contribution is -0.278. The molecule has 4 aliphatic carbocycles. The van der Waals surface area contributed by atoms with Gasteiger partial charge in [0.1, 0.15) is 11.9 Å². The van der Waals surface area contributed by atoms with Crippen LogP contribution >= 0.6 is 0 Å². The van der Waals surface area contributed by atoms with Crippen LogP contribution in [0.3, 0.4) is 0 Å². The molecule has 31 heavy (non-hydrogen) atoms. The van der Waals surface area contributed by atoms with E-state index in [1.165, 1.54) is 44.1 Å². The molecule has 4 heteroatoms. The fraction of sp³-hybridized carbons (Fsp3) is 0.704. The van der Waals surface area contributed by atoms with Gasteiger partial charge in [-0.1, -0.05) is 38.2 Å². The van der Waals surface area contributed by atoms with Crippen LogP contribution < -0.4 is 0 Å². The molecular weight excluding hydrogens is 388 g/mol. The van der Waals surface area contributed by atoms with Gasteiger partial charge in [0, 0.05) is 12.3 Å². The van der Waals surface area contributed by atoms with E-state index >= 15 is 0 Å². The molecule has 0 aromatic rings. The van der Waals surface area contributed by atoms with E-state index in [1.807, 2.05) is 0 Å². The maximum Gasteiger partial charge on any atom is 0.144 e. The molecule has 4 fully saturated rings. The van der Waals surface area contributed by atoms with E-state index in [0.29, 0.717) is 41.9 Å². The van der Waals surface area contributed by atoms with Crippen molar-refractivity contribution in [3.63, 3.8) is 0 Å². The van der Waals surface area contributed by atoms with Crippen molar-refractivity contribution in [3.8, 4) is 0 Å². The lowest BCUT2D eigenvalue weighted by atomic mass is 9.60. The summed E-state index contributed by atoms with van der Waals surface area (Å²) in [6.45, 7) is 8.92. The van der Waals surface area contributed by atoms with Crippen LogP contribution in [0.15, 0.2) is 47.3 Å². The highest BCUT2D eigenvalue weighted by atomic mass is 17.2. The molecule has 4 saturated carbocycles. The third kappa shape index (κ3) is 3.96. The number of fused-ring (bicyclic) bond motifs is 1. The molecular formula is C27H38O4. The van der Waals surface area contributed by atoms with E-state index in [2.05, 4.69) is 38.7 Å². The minimum absolute atomic E-state index is 0.0844. The van der Waals surface area contributed by atoms with Crippen molar-refractivity contribution < 1.29 is 20.0 Å². The molecule has 5 aliphatic rings. The molecule has 0 aromatic heterocycles. The summed E-state index contributed by atoms with van der Waals surface area (Å²) < 4.78 is 0. The lowest BCUT2D eigenvalue weighted by Gasteiger charge is -2.44. The number of allylic oxidation sites excluding steroid dienone is 4. The molecule has 3 unspecified atom stereocenters. The van der Waals surface area contributed by atoms with Crippen LogP contribution in [0.4, 0.5) is 0 Å². The first kappa shape index (κ1) is 21.5. The Bertz CT molecular complexity index is 819. The van der Waals surface area contributed by atoms with E-state index in [0.717, 1.165) is 23.3 Å². The van der Waals surface area contributed by atoms with Crippen LogP contribution in [0.1, 0.15) is 71.6 Å². The topological polar surface area (TPSA) is 58.9 Å². The Morgan fingerprint density at radius 1 is 1.19 bits per heavy atom. The Kier molecular flexibility index (Phi) is 5.69. The van der Waals surface area contributed by atoms with Crippen LogP contribution in [0.2, 0.25) is 0 Å². The number of hydrogen-bond donors (Lipinski definition) is 2. The Morgan fingerprint density at radius 2 is 2.00 bits per heavy atom. The van der Waals surface area contributed by atoms with Gasteiger partial charge in [0.25, 0.3) is 0 Å². The third-order valence-corrected chi connectivity index (χ3v) is 9.02. The van der Waals surface area contributed by atoms with E-state index in [1.54, 1.807) is 0 Å². The van der Waals surface area contributed by atoms with Gasteiger partial charge in [-0.05, 0) is 91.8 Å². The molecule has 170 valence electrons. The zero-order chi connectivity index (χ0) is 21.8. The first-order valence-electron chi connectivity index (χ1n) is 12.4. The summed E-state index contributed by atoms with van der Waals surface area (Å²) in [7, 11) is 0. The highest BCUT2D eigenvalue weighted by Gasteiger charge is 2.52. The second-order valence-corrected chi connectivity index (χ2v) is 11.0. The summed E-state index contributed by atoms with van der Waals surface area (Å²) in [6.07, 6.45) is 15.3. The number of aliphatic hydroxyl groups excluding tert-OH is 2. The number of hydrogen-bond acceptors (Lipinski definition) is 4. The van der Waals surface area contributed by atoms with Crippen molar-refractivity contribution in [1.82, 2.24) is 0 Å². The monoisotopic (exact) mass is 426 g/mol. The first-order chi connectivity index (χ1) is 14.9. The van der Waals surface area contributed by atoms with Crippen LogP contribution in [0.5, 0.6) is 0 Å². The minimum Gasteiger partial charge on any atom is -0.393 e. The summed E-state index contributed by atoms with van der Waals surface area (Å²) in [6, 6.07) is 0. The van der Waals surface area contributed by atoms with Gasteiger partial charge in [0.15, 0.2) is 0 Å². The molecule has 0 aromatic carbocycles. The first-order valence-corrected chi connectivity index (χ1v) is 12.4. The highest BCUT2D eigenvalue weighted by Crippen LogP contribution is 2.60. The summed E-state index contributed by atoms with van der Waals surface area (Å²) in [5, 5.41) is 20.2. The molecule has 1 heterocycles. The van der Waals surface area contributed by atoms with Crippen molar-refractivity contribution in [2.45, 2.75) is 89.9 Å². The van der Waals surface area contributed by atoms with Gasteiger partial charge in [-0.2, -0.15) is 4.89 Å². The second kappa shape index (κ2) is 8.20. The second-order valence-electron chi connectivity index (χ2n) is 11.0. The fourth-order valence-electron chi connectivity index (χ4n) is 6.98. The van der Waals surface area contributed by atoms with E-state index in [4.69, 9.17) is 9.78 Å². The van der Waals surface area contributed by atoms with Crippen molar-refractivity contribution in [2.75, 3.05) is 0 Å². The standard InChI is InChI=1S/C27H38O4/c1-16-20(13-21(28)14-24(16)29)9-6-18-5-4-12-27(3)22(10-11-23(18)27)17(2)25-15-26(31-30-25)19-7-8-19/h6,9,15,17,19,21-25,28-29H,1,4-5,7-8,10-14H2,2-3H3/b18-6+,20-9-/t17?,21-,22-,23?,24+,25?,27-/m1/s1. The Balaban J connectivity index is 1.33. The van der Waals surface area contributed by atoms with E-state index in [-0.39, 0.29) is 6.10 Å². The molecule has 4 nitrogen and oxygen atoms in total. The molecule has 5 rings (SSSR count). The van der Waals surface area contributed by atoms with Gasteiger partial charge in [0.05, 0.1) is 12.2 Å². The Labute approximate surface area is 186 Å². The summed E-state index contributed by atoms with van der Waals surface area (Å²) in [5.74, 6) is 3.36. The average Bonchev–Trinajstić information content (AvgIpc) is 3.35. The van der Waals surface area contributed by atoms with Crippen LogP contribution in [0.25, 0.3) is 0 Å². The van der Waals surface area contributed by atoms with Crippen molar-refractivity contribution in [1.29, 1.82) is 0 Å². The molecule has 2 N–H and O–H groups in total. The quantitative estimate of drug-likeness (QED) is 0.592.